The maximum absolute atomic E-state index is 5.61. The van der Waals surface area contributed by atoms with E-state index in [0.29, 0.717) is 0 Å². The Morgan fingerprint density at radius 3 is 2.94 bits per heavy atom. The molecule has 4 heteroatoms. The Morgan fingerprint density at radius 1 is 1.44 bits per heavy atom. The van der Waals surface area contributed by atoms with Gasteiger partial charge in [0.15, 0.2) is 11.6 Å². The van der Waals surface area contributed by atoms with Crippen molar-refractivity contribution in [2.45, 2.75) is 13.3 Å². The minimum Gasteiger partial charge on any atom is -0.490 e. The molecule has 1 rings (SSSR count). The minimum absolute atomic E-state index is 0.730. The smallest absolute Gasteiger partial charge is 0.168 e. The molecule has 0 saturated heterocycles. The Morgan fingerprint density at radius 2 is 2.25 bits per heavy atom. The van der Waals surface area contributed by atoms with Crippen molar-refractivity contribution >= 4 is 5.82 Å². The van der Waals surface area contributed by atoms with Gasteiger partial charge < -0.3 is 15.0 Å². The number of likely N-dealkylation sites (N-methyl/N-ethyl adjacent to an activating group) is 1. The Balaban J connectivity index is 2.49. The molecule has 0 atom stereocenters. The minimum atomic E-state index is 0.730. The molecule has 1 aromatic heterocycles. The van der Waals surface area contributed by atoms with Crippen molar-refractivity contribution in [2.75, 3.05) is 39.1 Å². The average molecular weight is 223 g/mol. The fourth-order valence-electron chi connectivity index (χ4n) is 1.25. The molecule has 0 aliphatic carbocycles. The summed E-state index contributed by atoms with van der Waals surface area (Å²) in [6.07, 6.45) is 2.78. The molecular formula is C12H21N3O. The van der Waals surface area contributed by atoms with Crippen molar-refractivity contribution in [3.63, 3.8) is 0 Å². The molecule has 0 spiro atoms. The van der Waals surface area contributed by atoms with Crippen LogP contribution in [0.1, 0.15) is 13.3 Å². The summed E-state index contributed by atoms with van der Waals surface area (Å²) in [7, 11) is 4.10. The zero-order valence-corrected chi connectivity index (χ0v) is 10.4. The van der Waals surface area contributed by atoms with Crippen molar-refractivity contribution in [1.29, 1.82) is 0 Å². The van der Waals surface area contributed by atoms with Crippen LogP contribution in [-0.4, -0.2) is 43.7 Å². The van der Waals surface area contributed by atoms with E-state index in [9.17, 15) is 0 Å². The first-order valence-corrected chi connectivity index (χ1v) is 5.70. The van der Waals surface area contributed by atoms with Gasteiger partial charge in [-0.05, 0) is 32.6 Å². The zero-order valence-electron chi connectivity index (χ0n) is 10.4. The molecule has 4 nitrogen and oxygen atoms in total. The van der Waals surface area contributed by atoms with Crippen molar-refractivity contribution < 1.29 is 4.74 Å². The lowest BCUT2D eigenvalue weighted by molar-refractivity contribution is 0.317. The highest BCUT2D eigenvalue weighted by Gasteiger charge is 2.03. The van der Waals surface area contributed by atoms with E-state index in [1.807, 2.05) is 12.1 Å². The van der Waals surface area contributed by atoms with E-state index in [1.165, 1.54) is 0 Å². The molecule has 0 amide bonds. The molecule has 90 valence electrons. The molecule has 0 bridgehead atoms. The number of nitrogens with one attached hydrogen (secondary N) is 1. The lowest BCUT2D eigenvalue weighted by Crippen LogP contribution is -2.21. The highest BCUT2D eigenvalue weighted by atomic mass is 16.5. The fourth-order valence-corrected chi connectivity index (χ4v) is 1.25. The third-order valence-corrected chi connectivity index (χ3v) is 2.08. The second-order valence-electron chi connectivity index (χ2n) is 3.93. The largest absolute Gasteiger partial charge is 0.490 e. The monoisotopic (exact) mass is 223 g/mol. The van der Waals surface area contributed by atoms with Crippen LogP contribution in [0.25, 0.3) is 0 Å². The van der Waals surface area contributed by atoms with E-state index in [-0.39, 0.29) is 0 Å². The zero-order chi connectivity index (χ0) is 11.8. The van der Waals surface area contributed by atoms with Crippen LogP contribution in [0.15, 0.2) is 18.3 Å². The molecule has 0 aliphatic rings. The summed E-state index contributed by atoms with van der Waals surface area (Å²) in [5.41, 5.74) is 0. The van der Waals surface area contributed by atoms with Gasteiger partial charge in [-0.25, -0.2) is 4.98 Å². The number of hydrogen-bond acceptors (Lipinski definition) is 4. The number of pyridine rings is 1. The van der Waals surface area contributed by atoms with Crippen LogP contribution in [-0.2, 0) is 0 Å². The summed E-state index contributed by atoms with van der Waals surface area (Å²) in [6, 6.07) is 3.84. The highest BCUT2D eigenvalue weighted by Crippen LogP contribution is 2.20. The lowest BCUT2D eigenvalue weighted by atomic mass is 10.4. The van der Waals surface area contributed by atoms with Gasteiger partial charge in [-0.15, -0.1) is 0 Å². The molecule has 0 fully saturated rings. The first-order valence-electron chi connectivity index (χ1n) is 5.70. The normalized spacial score (nSPS) is 10.5. The van der Waals surface area contributed by atoms with Crippen LogP contribution < -0.4 is 10.1 Å². The van der Waals surface area contributed by atoms with E-state index < -0.39 is 0 Å². The van der Waals surface area contributed by atoms with E-state index in [1.54, 1.807) is 6.20 Å². The fraction of sp³-hybridized carbons (Fsp3) is 0.583. The van der Waals surface area contributed by atoms with Crippen molar-refractivity contribution in [3.05, 3.63) is 18.3 Å². The van der Waals surface area contributed by atoms with Gasteiger partial charge in [-0.2, -0.15) is 0 Å². The maximum atomic E-state index is 5.61. The first kappa shape index (κ1) is 12.8. The van der Waals surface area contributed by atoms with Gasteiger partial charge in [0.05, 0.1) is 6.61 Å². The third-order valence-electron chi connectivity index (χ3n) is 2.08. The maximum Gasteiger partial charge on any atom is 0.168 e. The lowest BCUT2D eigenvalue weighted by Gasteiger charge is -2.13. The van der Waals surface area contributed by atoms with Crippen LogP contribution >= 0.6 is 0 Å². The molecule has 0 aliphatic heterocycles. The Labute approximate surface area is 97.6 Å². The van der Waals surface area contributed by atoms with Gasteiger partial charge in [0.25, 0.3) is 0 Å². The predicted molar refractivity (Wildman–Crippen MR) is 67.1 cm³/mol. The number of hydrogen-bond donors (Lipinski definition) is 1. The van der Waals surface area contributed by atoms with E-state index in [4.69, 9.17) is 4.74 Å². The SMILES string of the molecule is CCCOc1cccnc1NCCN(C)C. The van der Waals surface area contributed by atoms with Gasteiger partial charge in [-0.1, -0.05) is 6.92 Å². The van der Waals surface area contributed by atoms with E-state index in [2.05, 4.69) is 36.2 Å². The molecule has 1 N–H and O–H groups in total. The molecule has 1 heterocycles. The highest BCUT2D eigenvalue weighted by molar-refractivity contribution is 5.49. The average Bonchev–Trinajstić information content (AvgIpc) is 2.27. The van der Waals surface area contributed by atoms with Crippen LogP contribution in [0, 0.1) is 0 Å². The molecule has 0 saturated carbocycles. The summed E-state index contributed by atoms with van der Waals surface area (Å²) < 4.78 is 5.61. The molecule has 0 aromatic carbocycles. The number of rotatable bonds is 7. The van der Waals surface area contributed by atoms with Crippen molar-refractivity contribution in [1.82, 2.24) is 9.88 Å². The topological polar surface area (TPSA) is 37.4 Å². The summed E-state index contributed by atoms with van der Waals surface area (Å²) in [5.74, 6) is 1.67. The van der Waals surface area contributed by atoms with Gasteiger partial charge in [0, 0.05) is 19.3 Å². The van der Waals surface area contributed by atoms with Gasteiger partial charge in [0.2, 0.25) is 0 Å². The van der Waals surface area contributed by atoms with E-state index >= 15 is 0 Å². The van der Waals surface area contributed by atoms with Crippen LogP contribution in [0.3, 0.4) is 0 Å². The Bertz CT molecular complexity index is 302. The third kappa shape index (κ3) is 4.49. The summed E-state index contributed by atoms with van der Waals surface area (Å²) >= 11 is 0. The standard InChI is InChI=1S/C12H21N3O/c1-4-10-16-11-6-5-7-13-12(11)14-8-9-15(2)3/h5-7H,4,8-10H2,1-3H3,(H,13,14). The quantitative estimate of drug-likeness (QED) is 0.765. The Hall–Kier alpha value is -1.29. The van der Waals surface area contributed by atoms with Crippen LogP contribution in [0.2, 0.25) is 0 Å². The van der Waals surface area contributed by atoms with E-state index in [0.717, 1.165) is 37.7 Å². The molecule has 0 radical (unpaired) electrons. The van der Waals surface area contributed by atoms with Crippen molar-refractivity contribution in [2.24, 2.45) is 0 Å². The number of nitrogens with zero attached hydrogens (tertiary/aromatic N) is 2. The number of aromatic nitrogens is 1. The number of ether oxygens (including phenoxy) is 1. The first-order chi connectivity index (χ1) is 7.74. The summed E-state index contributed by atoms with van der Waals surface area (Å²) in [5, 5.41) is 3.28. The van der Waals surface area contributed by atoms with Gasteiger partial charge >= 0.3 is 0 Å². The van der Waals surface area contributed by atoms with Crippen LogP contribution in [0.5, 0.6) is 5.75 Å². The molecule has 0 unspecified atom stereocenters. The summed E-state index contributed by atoms with van der Waals surface area (Å²) in [6.45, 7) is 4.67. The number of anilines is 1. The Kier molecular flexibility index (Phi) is 5.64. The second kappa shape index (κ2) is 7.06. The van der Waals surface area contributed by atoms with Crippen molar-refractivity contribution in [3.8, 4) is 5.75 Å². The van der Waals surface area contributed by atoms with Gasteiger partial charge in [-0.3, -0.25) is 0 Å². The molecule has 1 aromatic rings. The second-order valence-corrected chi connectivity index (χ2v) is 3.93. The van der Waals surface area contributed by atoms with Gasteiger partial charge in [0.1, 0.15) is 0 Å². The van der Waals surface area contributed by atoms with Crippen LogP contribution in [0.4, 0.5) is 5.82 Å². The molecular weight excluding hydrogens is 202 g/mol. The molecule has 16 heavy (non-hydrogen) atoms. The predicted octanol–water partition coefficient (Wildman–Crippen LogP) is 1.84. The summed E-state index contributed by atoms with van der Waals surface area (Å²) in [4.78, 5) is 6.40.